The van der Waals surface area contributed by atoms with Gasteiger partial charge in [0.1, 0.15) is 22.8 Å². The van der Waals surface area contributed by atoms with Crippen LogP contribution in [0.25, 0.3) is 43.6 Å². The number of nitrogens with one attached hydrogen (secondary N) is 4. The van der Waals surface area contributed by atoms with Crippen molar-refractivity contribution >= 4 is 84.4 Å². The number of pyridine rings is 1. The molecule has 7 aromatic rings. The lowest BCUT2D eigenvalue weighted by Gasteiger charge is -2.17. The van der Waals surface area contributed by atoms with Crippen LogP contribution in [-0.4, -0.2) is 62.4 Å². The average molecular weight is 701 g/mol. The number of alkyl halides is 4. The fourth-order valence-electron chi connectivity index (χ4n) is 6.79. The van der Waals surface area contributed by atoms with Gasteiger partial charge in [-0.15, -0.1) is 11.6 Å². The van der Waals surface area contributed by atoms with Gasteiger partial charge in [0.15, 0.2) is 0 Å². The number of phenols is 1. The van der Waals surface area contributed by atoms with Gasteiger partial charge in [0.05, 0.1) is 35.6 Å². The lowest BCUT2D eigenvalue weighted by Crippen LogP contribution is -2.30. The zero-order chi connectivity index (χ0) is 35.1. The SMILES string of the molecule is COC(=O)c1c(C(F)(F)F)[nH]c2c(O)cc3c(c12)[C@H](CCl)CN3C(=O)c1cc2cc(NC(=O)c3cc4c(cn3)[nH]c3ccccc34)ccc2[nH]1. The molecule has 0 aliphatic carbocycles. The van der Waals surface area contributed by atoms with Gasteiger partial charge in [-0.2, -0.15) is 13.2 Å². The van der Waals surface area contributed by atoms with E-state index in [4.69, 9.17) is 11.6 Å². The van der Waals surface area contributed by atoms with Crippen LogP contribution < -0.4 is 10.2 Å². The highest BCUT2D eigenvalue weighted by Crippen LogP contribution is 2.49. The van der Waals surface area contributed by atoms with E-state index in [9.17, 15) is 32.7 Å². The van der Waals surface area contributed by atoms with E-state index in [1.165, 1.54) is 11.0 Å². The Hall–Kier alpha value is -6.02. The number of para-hydroxylation sites is 1. The number of carbonyl (C=O) groups excluding carboxylic acids is 3. The summed E-state index contributed by atoms with van der Waals surface area (Å²) in [7, 11) is 0.951. The summed E-state index contributed by atoms with van der Waals surface area (Å²) in [4.78, 5) is 53.9. The van der Waals surface area contributed by atoms with Crippen molar-refractivity contribution in [3.63, 3.8) is 0 Å². The van der Waals surface area contributed by atoms with Crippen LogP contribution in [0.3, 0.4) is 0 Å². The van der Waals surface area contributed by atoms with Gasteiger partial charge in [-0.1, -0.05) is 18.2 Å². The van der Waals surface area contributed by atoms with Gasteiger partial charge in [0, 0.05) is 62.7 Å². The minimum absolute atomic E-state index is 0.0339. The fraction of sp³-hybridized carbons (Fsp3) is 0.143. The molecule has 0 radical (unpaired) electrons. The summed E-state index contributed by atoms with van der Waals surface area (Å²) in [6, 6.07) is 17.2. The van der Waals surface area contributed by atoms with Crippen molar-refractivity contribution in [3.05, 3.63) is 95.1 Å². The number of fused-ring (bicyclic) bond motifs is 7. The molecule has 0 spiro atoms. The smallest absolute Gasteiger partial charge is 0.432 e. The molecule has 5 N–H and O–H groups in total. The highest BCUT2D eigenvalue weighted by molar-refractivity contribution is 6.20. The first-order valence-electron chi connectivity index (χ1n) is 15.2. The minimum Gasteiger partial charge on any atom is -0.506 e. The second-order valence-corrected chi connectivity index (χ2v) is 12.2. The number of aromatic nitrogens is 4. The molecule has 0 fully saturated rings. The lowest BCUT2D eigenvalue weighted by atomic mass is 9.95. The summed E-state index contributed by atoms with van der Waals surface area (Å²) in [6.07, 6.45) is -3.37. The van der Waals surface area contributed by atoms with Crippen molar-refractivity contribution in [3.8, 4) is 5.75 Å². The molecule has 5 heterocycles. The molecule has 8 rings (SSSR count). The first-order chi connectivity index (χ1) is 24.0. The normalized spacial score (nSPS) is 14.6. The maximum absolute atomic E-state index is 14.0. The van der Waals surface area contributed by atoms with Crippen LogP contribution >= 0.6 is 11.6 Å². The highest BCUT2D eigenvalue weighted by Gasteiger charge is 2.43. The maximum atomic E-state index is 14.0. The van der Waals surface area contributed by atoms with Gasteiger partial charge in [-0.05, 0) is 42.0 Å². The molecular weight excluding hydrogens is 677 g/mol. The Labute approximate surface area is 284 Å². The number of halogens is 4. The zero-order valence-corrected chi connectivity index (χ0v) is 26.6. The molecule has 1 aliphatic rings. The molecule has 3 aromatic carbocycles. The Morgan fingerprint density at radius 3 is 2.58 bits per heavy atom. The summed E-state index contributed by atoms with van der Waals surface area (Å²) in [5.41, 5.74) is 0.903. The van der Waals surface area contributed by atoms with E-state index in [1.807, 2.05) is 24.3 Å². The number of esters is 1. The maximum Gasteiger partial charge on any atom is 0.432 e. The Morgan fingerprint density at radius 1 is 1.02 bits per heavy atom. The minimum atomic E-state index is -4.98. The molecule has 11 nitrogen and oxygen atoms in total. The van der Waals surface area contributed by atoms with E-state index in [0.717, 1.165) is 28.9 Å². The number of anilines is 2. The van der Waals surface area contributed by atoms with Gasteiger partial charge in [-0.25, -0.2) is 9.78 Å². The molecule has 15 heteroatoms. The van der Waals surface area contributed by atoms with Crippen molar-refractivity contribution in [2.75, 3.05) is 29.8 Å². The van der Waals surface area contributed by atoms with Crippen molar-refractivity contribution in [1.82, 2.24) is 19.9 Å². The topological polar surface area (TPSA) is 156 Å². The van der Waals surface area contributed by atoms with Crippen molar-refractivity contribution in [2.45, 2.75) is 12.1 Å². The summed E-state index contributed by atoms with van der Waals surface area (Å²) >= 11 is 6.27. The number of rotatable bonds is 5. The molecule has 0 saturated carbocycles. The van der Waals surface area contributed by atoms with Crippen LogP contribution in [0.2, 0.25) is 0 Å². The number of aromatic hydroxyl groups is 1. The first kappa shape index (κ1) is 31.3. The van der Waals surface area contributed by atoms with Crippen LogP contribution in [0.1, 0.15) is 48.5 Å². The third-order valence-corrected chi connectivity index (χ3v) is 9.39. The molecule has 4 aromatic heterocycles. The molecule has 1 aliphatic heterocycles. The molecule has 1 atom stereocenters. The second kappa shape index (κ2) is 11.3. The van der Waals surface area contributed by atoms with E-state index < -0.39 is 46.9 Å². The number of ether oxygens (including phenoxy) is 1. The molecule has 50 heavy (non-hydrogen) atoms. The molecule has 0 bridgehead atoms. The molecular formula is C35H24ClF3N6O5. The summed E-state index contributed by atoms with van der Waals surface area (Å²) in [5.74, 6) is -3.61. The Morgan fingerprint density at radius 2 is 1.82 bits per heavy atom. The van der Waals surface area contributed by atoms with Crippen LogP contribution in [0.5, 0.6) is 5.75 Å². The number of nitrogens with zero attached hydrogens (tertiary/aromatic N) is 2. The first-order valence-corrected chi connectivity index (χ1v) is 15.8. The van der Waals surface area contributed by atoms with Crippen LogP contribution in [0.15, 0.2) is 66.9 Å². The number of methoxy groups -OCH3 is 1. The zero-order valence-electron chi connectivity index (χ0n) is 25.8. The van der Waals surface area contributed by atoms with Gasteiger partial charge in [0.25, 0.3) is 11.8 Å². The highest BCUT2D eigenvalue weighted by atomic mass is 35.5. The van der Waals surface area contributed by atoms with Crippen LogP contribution in [-0.2, 0) is 10.9 Å². The van der Waals surface area contributed by atoms with Gasteiger partial charge < -0.3 is 35.0 Å². The Kier molecular flexibility index (Phi) is 7.05. The van der Waals surface area contributed by atoms with Crippen molar-refractivity contribution in [2.24, 2.45) is 0 Å². The summed E-state index contributed by atoms with van der Waals surface area (Å²) < 4.78 is 46.7. The van der Waals surface area contributed by atoms with Crippen LogP contribution in [0.4, 0.5) is 24.5 Å². The number of hydrogen-bond donors (Lipinski definition) is 5. The molecule has 0 saturated heterocycles. The predicted octanol–water partition coefficient (Wildman–Crippen LogP) is 7.42. The predicted molar refractivity (Wildman–Crippen MR) is 181 cm³/mol. The molecule has 2 amide bonds. The number of H-pyrrole nitrogens is 3. The number of aromatic amines is 3. The Bertz CT molecular complexity index is 2570. The Balaban J connectivity index is 1.12. The van der Waals surface area contributed by atoms with Crippen molar-refractivity contribution in [1.29, 1.82) is 0 Å². The number of carbonyl (C=O) groups is 3. The number of hydrogen-bond acceptors (Lipinski definition) is 6. The average Bonchev–Trinajstić information content (AvgIpc) is 3.88. The summed E-state index contributed by atoms with van der Waals surface area (Å²) in [5, 5.41) is 15.9. The van der Waals surface area contributed by atoms with E-state index in [0.29, 0.717) is 16.6 Å². The standard InChI is InChI=1S/C35H24ClF3N6O5/c1-50-34(49)29-28-27-16(12-36)14-45(25(27)11-26(46)30(28)44-31(29)35(37,38)39)33(48)23-9-15-8-17(6-7-20(15)42-23)41-32(47)22-10-19-18-4-2-3-5-21(18)43-24(19)13-40-22/h2-11,13,16,42-44,46H,12,14H2,1H3,(H,41,47)/t16-/m1/s1. The summed E-state index contributed by atoms with van der Waals surface area (Å²) in [6.45, 7) is -0.0339. The van der Waals surface area contributed by atoms with E-state index >= 15 is 0 Å². The van der Waals surface area contributed by atoms with E-state index in [1.54, 1.807) is 36.5 Å². The van der Waals surface area contributed by atoms with E-state index in [-0.39, 0.29) is 46.0 Å². The van der Waals surface area contributed by atoms with E-state index in [2.05, 4.69) is 30.0 Å². The van der Waals surface area contributed by atoms with Crippen LogP contribution in [0, 0.1) is 0 Å². The quantitative estimate of drug-likeness (QED) is 0.0929. The van der Waals surface area contributed by atoms with Gasteiger partial charge in [-0.3, -0.25) is 9.59 Å². The third kappa shape index (κ3) is 4.82. The largest absolute Gasteiger partial charge is 0.506 e. The molecule has 252 valence electrons. The number of benzene rings is 3. The van der Waals surface area contributed by atoms with Crippen molar-refractivity contribution < 1.29 is 37.4 Å². The molecule has 0 unspecified atom stereocenters. The van der Waals surface area contributed by atoms with Gasteiger partial charge in [0.2, 0.25) is 0 Å². The third-order valence-electron chi connectivity index (χ3n) is 9.01. The second-order valence-electron chi connectivity index (χ2n) is 11.9. The fourth-order valence-corrected chi connectivity index (χ4v) is 7.04. The number of amides is 2. The lowest BCUT2D eigenvalue weighted by molar-refractivity contribution is -0.141. The number of phenolic OH excluding ortho intramolecular Hbond substituents is 1. The van der Waals surface area contributed by atoms with Gasteiger partial charge >= 0.3 is 12.1 Å². The monoisotopic (exact) mass is 700 g/mol.